The molecule has 2 amide bonds. The van der Waals surface area contributed by atoms with E-state index in [0.29, 0.717) is 23.9 Å². The molecule has 0 spiro atoms. The minimum absolute atomic E-state index is 0.147. The summed E-state index contributed by atoms with van der Waals surface area (Å²) in [6.07, 6.45) is 3.45. The summed E-state index contributed by atoms with van der Waals surface area (Å²) < 4.78 is 0. The maximum absolute atomic E-state index is 12.4. The first kappa shape index (κ1) is 20.0. The number of nitrogens with one attached hydrogen (secondary N) is 3. The standard InChI is InChI=1S/C22H23N5O2/c1-16(28)25-18-9-11-19(12-10-18)26-21(29)20-13-15-24-22(27-20)23-14-5-8-17-6-3-2-4-7-17/h2-4,6-7,9-13,15H,5,8,14H2,1H3,(H,25,28)(H,26,29)(H,23,24,27). The Morgan fingerprint density at radius 3 is 2.28 bits per heavy atom. The van der Waals surface area contributed by atoms with Gasteiger partial charge in [-0.05, 0) is 48.7 Å². The van der Waals surface area contributed by atoms with Crippen LogP contribution in [0.3, 0.4) is 0 Å². The van der Waals surface area contributed by atoms with Crippen LogP contribution in [-0.2, 0) is 11.2 Å². The third-order valence-corrected chi connectivity index (χ3v) is 4.12. The van der Waals surface area contributed by atoms with Crippen molar-refractivity contribution in [3.63, 3.8) is 0 Å². The summed E-state index contributed by atoms with van der Waals surface area (Å²) in [5, 5.41) is 8.62. The van der Waals surface area contributed by atoms with Gasteiger partial charge in [-0.1, -0.05) is 30.3 Å². The van der Waals surface area contributed by atoms with Crippen molar-refractivity contribution in [2.75, 3.05) is 22.5 Å². The van der Waals surface area contributed by atoms with Gasteiger partial charge in [0.05, 0.1) is 0 Å². The number of aromatic nitrogens is 2. The molecule has 0 atom stereocenters. The minimum Gasteiger partial charge on any atom is -0.354 e. The molecule has 3 aromatic rings. The van der Waals surface area contributed by atoms with Gasteiger partial charge < -0.3 is 16.0 Å². The Balaban J connectivity index is 1.51. The second-order valence-corrected chi connectivity index (χ2v) is 6.49. The number of aryl methyl sites for hydroxylation is 1. The summed E-state index contributed by atoms with van der Waals surface area (Å²) in [7, 11) is 0. The molecular formula is C22H23N5O2. The van der Waals surface area contributed by atoms with E-state index in [0.717, 1.165) is 12.8 Å². The lowest BCUT2D eigenvalue weighted by molar-refractivity contribution is -0.114. The summed E-state index contributed by atoms with van der Waals surface area (Å²) in [6.45, 7) is 2.16. The maximum Gasteiger partial charge on any atom is 0.274 e. The molecule has 0 saturated heterocycles. The van der Waals surface area contributed by atoms with Crippen molar-refractivity contribution in [1.29, 1.82) is 0 Å². The molecule has 7 heteroatoms. The van der Waals surface area contributed by atoms with Crippen molar-refractivity contribution in [3.05, 3.63) is 78.1 Å². The normalized spacial score (nSPS) is 10.2. The molecule has 0 aliphatic heterocycles. The first-order valence-corrected chi connectivity index (χ1v) is 9.40. The molecule has 0 radical (unpaired) electrons. The molecule has 7 nitrogen and oxygen atoms in total. The highest BCUT2D eigenvalue weighted by Crippen LogP contribution is 2.14. The molecule has 0 aliphatic rings. The molecule has 0 aliphatic carbocycles. The van der Waals surface area contributed by atoms with Crippen LogP contribution in [0.5, 0.6) is 0 Å². The Hall–Kier alpha value is -3.74. The maximum atomic E-state index is 12.4. The van der Waals surface area contributed by atoms with Gasteiger partial charge in [-0.3, -0.25) is 9.59 Å². The van der Waals surface area contributed by atoms with Crippen molar-refractivity contribution >= 4 is 29.1 Å². The van der Waals surface area contributed by atoms with E-state index in [4.69, 9.17) is 0 Å². The van der Waals surface area contributed by atoms with Crippen molar-refractivity contribution < 1.29 is 9.59 Å². The summed E-state index contributed by atoms with van der Waals surface area (Å²) >= 11 is 0. The van der Waals surface area contributed by atoms with Gasteiger partial charge in [-0.15, -0.1) is 0 Å². The van der Waals surface area contributed by atoms with E-state index >= 15 is 0 Å². The van der Waals surface area contributed by atoms with Crippen LogP contribution in [0.2, 0.25) is 0 Å². The number of hydrogen-bond donors (Lipinski definition) is 3. The third-order valence-electron chi connectivity index (χ3n) is 4.12. The van der Waals surface area contributed by atoms with Crippen LogP contribution in [0.15, 0.2) is 66.9 Å². The third kappa shape index (κ3) is 6.42. The second kappa shape index (κ2) is 9.98. The smallest absolute Gasteiger partial charge is 0.274 e. The fourth-order valence-corrected chi connectivity index (χ4v) is 2.74. The Bertz CT molecular complexity index is 958. The van der Waals surface area contributed by atoms with Crippen molar-refractivity contribution in [1.82, 2.24) is 9.97 Å². The van der Waals surface area contributed by atoms with Crippen LogP contribution < -0.4 is 16.0 Å². The molecule has 29 heavy (non-hydrogen) atoms. The average Bonchev–Trinajstić information content (AvgIpc) is 2.73. The molecule has 0 unspecified atom stereocenters. The van der Waals surface area contributed by atoms with E-state index in [9.17, 15) is 9.59 Å². The lowest BCUT2D eigenvalue weighted by atomic mass is 10.1. The fraction of sp³-hybridized carbons (Fsp3) is 0.182. The quantitative estimate of drug-likeness (QED) is 0.510. The van der Waals surface area contributed by atoms with Crippen molar-refractivity contribution in [2.45, 2.75) is 19.8 Å². The van der Waals surface area contributed by atoms with Gasteiger partial charge >= 0.3 is 0 Å². The number of benzene rings is 2. The van der Waals surface area contributed by atoms with Gasteiger partial charge in [0.2, 0.25) is 11.9 Å². The largest absolute Gasteiger partial charge is 0.354 e. The molecule has 0 bridgehead atoms. The first-order valence-electron chi connectivity index (χ1n) is 9.40. The number of hydrogen-bond acceptors (Lipinski definition) is 5. The first-order chi connectivity index (χ1) is 14.1. The molecule has 2 aromatic carbocycles. The molecule has 3 N–H and O–H groups in total. The molecule has 3 rings (SSSR count). The Morgan fingerprint density at radius 2 is 1.59 bits per heavy atom. The minimum atomic E-state index is -0.327. The Morgan fingerprint density at radius 1 is 0.897 bits per heavy atom. The monoisotopic (exact) mass is 389 g/mol. The van der Waals surface area contributed by atoms with E-state index in [2.05, 4.69) is 38.1 Å². The Labute approximate surface area is 169 Å². The molecule has 1 heterocycles. The highest BCUT2D eigenvalue weighted by molar-refractivity contribution is 6.03. The lowest BCUT2D eigenvalue weighted by Gasteiger charge is -2.08. The van der Waals surface area contributed by atoms with E-state index < -0.39 is 0 Å². The van der Waals surface area contributed by atoms with E-state index in [-0.39, 0.29) is 17.5 Å². The SMILES string of the molecule is CC(=O)Nc1ccc(NC(=O)c2ccnc(NCCCc3ccccc3)n2)cc1. The Kier molecular flexibility index (Phi) is 6.89. The molecule has 1 aromatic heterocycles. The fourth-order valence-electron chi connectivity index (χ4n) is 2.74. The zero-order valence-corrected chi connectivity index (χ0v) is 16.2. The van der Waals surface area contributed by atoms with Gasteiger partial charge in [-0.2, -0.15) is 0 Å². The van der Waals surface area contributed by atoms with Crippen molar-refractivity contribution in [3.8, 4) is 0 Å². The number of anilines is 3. The number of amides is 2. The van der Waals surface area contributed by atoms with Gasteiger partial charge in [-0.25, -0.2) is 9.97 Å². The zero-order chi connectivity index (χ0) is 20.5. The van der Waals surface area contributed by atoms with Crippen LogP contribution >= 0.6 is 0 Å². The predicted octanol–water partition coefficient (Wildman–Crippen LogP) is 3.73. The van der Waals surface area contributed by atoms with Crippen LogP contribution in [-0.4, -0.2) is 28.3 Å². The number of carbonyl (C=O) groups is 2. The van der Waals surface area contributed by atoms with E-state index in [1.54, 1.807) is 36.5 Å². The summed E-state index contributed by atoms with van der Waals surface area (Å²) in [6, 6.07) is 18.7. The zero-order valence-electron chi connectivity index (χ0n) is 16.2. The van der Waals surface area contributed by atoms with Crippen molar-refractivity contribution in [2.24, 2.45) is 0 Å². The molecule has 148 valence electrons. The van der Waals surface area contributed by atoms with Gasteiger partial charge in [0.15, 0.2) is 0 Å². The van der Waals surface area contributed by atoms with Gasteiger partial charge in [0.1, 0.15) is 5.69 Å². The second-order valence-electron chi connectivity index (χ2n) is 6.49. The molecule has 0 fully saturated rings. The topological polar surface area (TPSA) is 96.0 Å². The molecular weight excluding hydrogens is 366 g/mol. The van der Waals surface area contributed by atoms with Crippen LogP contribution in [0.1, 0.15) is 29.4 Å². The van der Waals surface area contributed by atoms with Crippen LogP contribution in [0.25, 0.3) is 0 Å². The summed E-state index contributed by atoms with van der Waals surface area (Å²) in [5.74, 6) is -0.0506. The van der Waals surface area contributed by atoms with Gasteiger partial charge in [0.25, 0.3) is 5.91 Å². The van der Waals surface area contributed by atoms with Crippen LogP contribution in [0.4, 0.5) is 17.3 Å². The summed E-state index contributed by atoms with van der Waals surface area (Å²) in [4.78, 5) is 32.0. The lowest BCUT2D eigenvalue weighted by Crippen LogP contribution is -2.16. The highest BCUT2D eigenvalue weighted by Gasteiger charge is 2.09. The molecule has 0 saturated carbocycles. The number of carbonyl (C=O) groups excluding carboxylic acids is 2. The van der Waals surface area contributed by atoms with Gasteiger partial charge in [0, 0.05) is 31.0 Å². The number of rotatable bonds is 8. The van der Waals surface area contributed by atoms with E-state index in [1.165, 1.54) is 12.5 Å². The predicted molar refractivity (Wildman–Crippen MR) is 114 cm³/mol. The van der Waals surface area contributed by atoms with E-state index in [1.807, 2.05) is 18.2 Å². The highest BCUT2D eigenvalue weighted by atomic mass is 16.2. The number of nitrogens with zero attached hydrogens (tertiary/aromatic N) is 2. The average molecular weight is 389 g/mol. The summed E-state index contributed by atoms with van der Waals surface area (Å²) in [5.41, 5.74) is 2.84. The van der Waals surface area contributed by atoms with Crippen LogP contribution in [0, 0.1) is 0 Å².